The summed E-state index contributed by atoms with van der Waals surface area (Å²) in [5, 5.41) is 2.90. The van der Waals surface area contributed by atoms with Gasteiger partial charge in [0.25, 0.3) is 11.1 Å². The SMILES string of the molecule is CN1C(=O)S/C(=C\c2ccc(Nc3cnc4[nH]cc(C(=O)C(C)(C)C)c4n3)cc2)C1=O. The van der Waals surface area contributed by atoms with E-state index < -0.39 is 5.41 Å². The van der Waals surface area contributed by atoms with Crippen LogP contribution >= 0.6 is 11.8 Å². The maximum atomic E-state index is 12.7. The van der Waals surface area contributed by atoms with Gasteiger partial charge >= 0.3 is 0 Å². The summed E-state index contributed by atoms with van der Waals surface area (Å²) in [5.74, 6) is 0.203. The van der Waals surface area contributed by atoms with E-state index in [2.05, 4.69) is 20.3 Å². The molecule has 1 saturated heterocycles. The molecule has 3 heterocycles. The number of aromatic nitrogens is 3. The summed E-state index contributed by atoms with van der Waals surface area (Å²) in [6.45, 7) is 5.60. The third-order valence-electron chi connectivity index (χ3n) is 4.77. The van der Waals surface area contributed by atoms with Crippen molar-refractivity contribution in [1.29, 1.82) is 0 Å². The highest BCUT2D eigenvalue weighted by Crippen LogP contribution is 2.31. The number of ketones is 1. The van der Waals surface area contributed by atoms with Gasteiger partial charge in [-0.1, -0.05) is 32.9 Å². The molecule has 0 unspecified atom stereocenters. The molecule has 0 spiro atoms. The maximum absolute atomic E-state index is 12.7. The zero-order valence-electron chi connectivity index (χ0n) is 17.5. The molecule has 2 N–H and O–H groups in total. The van der Waals surface area contributed by atoms with E-state index in [0.717, 1.165) is 27.9 Å². The summed E-state index contributed by atoms with van der Waals surface area (Å²) in [6.07, 6.45) is 4.93. The Morgan fingerprint density at radius 3 is 2.52 bits per heavy atom. The van der Waals surface area contributed by atoms with Crippen LogP contribution in [-0.2, 0) is 4.79 Å². The molecule has 158 valence electrons. The van der Waals surface area contributed by atoms with Crippen LogP contribution in [0.15, 0.2) is 41.6 Å². The van der Waals surface area contributed by atoms with E-state index in [1.54, 1.807) is 18.5 Å². The molecule has 8 nitrogen and oxygen atoms in total. The predicted molar refractivity (Wildman–Crippen MR) is 121 cm³/mol. The normalized spacial score (nSPS) is 15.9. The first-order valence-corrected chi connectivity index (χ1v) is 10.4. The number of hydrogen-bond acceptors (Lipinski definition) is 7. The number of carbonyl (C=O) groups is 3. The van der Waals surface area contributed by atoms with Crippen molar-refractivity contribution in [3.8, 4) is 0 Å². The van der Waals surface area contributed by atoms with Crippen LogP contribution in [0.25, 0.3) is 17.2 Å². The Kier molecular flexibility index (Phi) is 5.14. The van der Waals surface area contributed by atoms with Crippen LogP contribution in [0.1, 0.15) is 36.7 Å². The van der Waals surface area contributed by atoms with Crippen LogP contribution in [-0.4, -0.2) is 43.8 Å². The Bertz CT molecular complexity index is 1240. The zero-order valence-corrected chi connectivity index (χ0v) is 18.3. The summed E-state index contributed by atoms with van der Waals surface area (Å²) in [6, 6.07) is 7.35. The number of Topliss-reactive ketones (excluding diaryl/α,β-unsaturated/α-hetero) is 1. The first-order valence-electron chi connectivity index (χ1n) is 9.61. The number of fused-ring (bicyclic) bond motifs is 1. The minimum atomic E-state index is -0.525. The van der Waals surface area contributed by atoms with Crippen molar-refractivity contribution < 1.29 is 14.4 Å². The summed E-state index contributed by atoms with van der Waals surface area (Å²) in [5.41, 5.74) is 2.64. The number of thioether (sulfide) groups is 1. The van der Waals surface area contributed by atoms with Gasteiger partial charge < -0.3 is 10.3 Å². The molecule has 0 saturated carbocycles. The van der Waals surface area contributed by atoms with Gasteiger partial charge in [-0.15, -0.1) is 0 Å². The first kappa shape index (κ1) is 20.8. The number of anilines is 2. The number of H-pyrrole nitrogens is 1. The topological polar surface area (TPSA) is 108 Å². The fourth-order valence-electron chi connectivity index (χ4n) is 3.04. The Morgan fingerprint density at radius 2 is 1.90 bits per heavy atom. The smallest absolute Gasteiger partial charge is 0.293 e. The fraction of sp³-hybridized carbons (Fsp3) is 0.227. The molecule has 0 radical (unpaired) electrons. The van der Waals surface area contributed by atoms with Gasteiger partial charge in [0.2, 0.25) is 0 Å². The molecule has 1 aliphatic heterocycles. The molecule has 4 rings (SSSR count). The average Bonchev–Trinajstić information content (AvgIpc) is 3.24. The molecule has 1 aliphatic rings. The number of hydrogen-bond donors (Lipinski definition) is 2. The lowest BCUT2D eigenvalue weighted by Gasteiger charge is -2.15. The largest absolute Gasteiger partial charge is 0.344 e. The molecular formula is C22H21N5O3S. The number of benzene rings is 1. The minimum absolute atomic E-state index is 0.00829. The molecular weight excluding hydrogens is 414 g/mol. The van der Waals surface area contributed by atoms with Gasteiger partial charge in [0, 0.05) is 24.3 Å². The van der Waals surface area contributed by atoms with Gasteiger partial charge in [0.1, 0.15) is 11.3 Å². The zero-order chi connectivity index (χ0) is 22.3. The second-order valence-corrected chi connectivity index (χ2v) is 9.21. The Balaban J connectivity index is 1.55. The van der Waals surface area contributed by atoms with E-state index in [1.165, 1.54) is 7.05 Å². The molecule has 0 bridgehead atoms. The van der Waals surface area contributed by atoms with Crippen molar-refractivity contribution in [2.75, 3.05) is 12.4 Å². The molecule has 0 atom stereocenters. The van der Waals surface area contributed by atoms with Crippen LogP contribution in [0, 0.1) is 5.41 Å². The summed E-state index contributed by atoms with van der Waals surface area (Å²) in [7, 11) is 1.47. The van der Waals surface area contributed by atoms with Crippen molar-refractivity contribution in [3.63, 3.8) is 0 Å². The van der Waals surface area contributed by atoms with Crippen molar-refractivity contribution in [3.05, 3.63) is 52.7 Å². The van der Waals surface area contributed by atoms with E-state index in [4.69, 9.17) is 0 Å². The summed E-state index contributed by atoms with van der Waals surface area (Å²) in [4.78, 5) is 49.7. The lowest BCUT2D eigenvalue weighted by Crippen LogP contribution is -2.22. The number of nitrogens with zero attached hydrogens (tertiary/aromatic N) is 3. The molecule has 1 fully saturated rings. The number of amides is 2. The Hall–Kier alpha value is -3.46. The number of imide groups is 1. The first-order chi connectivity index (χ1) is 14.6. The molecule has 2 aromatic heterocycles. The highest BCUT2D eigenvalue weighted by Gasteiger charge is 2.31. The third kappa shape index (κ3) is 4.09. The van der Waals surface area contributed by atoms with Crippen molar-refractivity contribution in [1.82, 2.24) is 19.9 Å². The number of nitrogens with one attached hydrogen (secondary N) is 2. The summed E-state index contributed by atoms with van der Waals surface area (Å²) < 4.78 is 0. The van der Waals surface area contributed by atoms with E-state index >= 15 is 0 Å². The average molecular weight is 436 g/mol. The molecule has 1 aromatic carbocycles. The van der Waals surface area contributed by atoms with Gasteiger partial charge in [0.15, 0.2) is 11.4 Å². The number of rotatable bonds is 4. The quantitative estimate of drug-likeness (QED) is 0.455. The fourth-order valence-corrected chi connectivity index (χ4v) is 3.86. The molecule has 9 heteroatoms. The van der Waals surface area contributed by atoms with Crippen LogP contribution in [0.4, 0.5) is 16.3 Å². The second-order valence-electron chi connectivity index (χ2n) is 8.22. The Labute approximate surface area is 183 Å². The minimum Gasteiger partial charge on any atom is -0.344 e. The molecule has 31 heavy (non-hydrogen) atoms. The maximum Gasteiger partial charge on any atom is 0.293 e. The van der Waals surface area contributed by atoms with E-state index in [9.17, 15) is 14.4 Å². The van der Waals surface area contributed by atoms with Gasteiger partial charge in [-0.2, -0.15) is 0 Å². The molecule has 0 aliphatic carbocycles. The van der Waals surface area contributed by atoms with Crippen LogP contribution in [0.3, 0.4) is 0 Å². The number of likely N-dealkylation sites (N-methyl/N-ethyl adjacent to an activating group) is 1. The van der Waals surface area contributed by atoms with Crippen molar-refractivity contribution >= 4 is 57.4 Å². The highest BCUT2D eigenvalue weighted by atomic mass is 32.2. The number of aromatic amines is 1. The van der Waals surface area contributed by atoms with E-state index in [0.29, 0.717) is 27.5 Å². The molecule has 2 amide bonds. The summed E-state index contributed by atoms with van der Waals surface area (Å²) >= 11 is 0.925. The second kappa shape index (κ2) is 7.66. The van der Waals surface area contributed by atoms with Crippen LogP contribution < -0.4 is 5.32 Å². The predicted octanol–water partition coefficient (Wildman–Crippen LogP) is 4.60. The van der Waals surface area contributed by atoms with Crippen molar-refractivity contribution in [2.45, 2.75) is 20.8 Å². The van der Waals surface area contributed by atoms with Gasteiger partial charge in [0.05, 0.1) is 16.7 Å². The van der Waals surface area contributed by atoms with Crippen LogP contribution in [0.5, 0.6) is 0 Å². The lowest BCUT2D eigenvalue weighted by atomic mass is 9.87. The van der Waals surface area contributed by atoms with E-state index in [-0.39, 0.29) is 16.9 Å². The highest BCUT2D eigenvalue weighted by molar-refractivity contribution is 8.18. The van der Waals surface area contributed by atoms with Crippen molar-refractivity contribution in [2.24, 2.45) is 5.41 Å². The van der Waals surface area contributed by atoms with Gasteiger partial charge in [-0.3, -0.25) is 19.3 Å². The van der Waals surface area contributed by atoms with E-state index in [1.807, 2.05) is 45.0 Å². The monoisotopic (exact) mass is 435 g/mol. The number of carbonyl (C=O) groups excluding carboxylic acids is 3. The van der Waals surface area contributed by atoms with Crippen LogP contribution in [0.2, 0.25) is 0 Å². The standard InChI is InChI=1S/C22H21N5O3S/c1-22(2,3)18(28)14-10-23-19-17(14)26-16(11-24-19)25-13-7-5-12(6-8-13)9-15-20(29)27(4)21(30)31-15/h5-11H,1-4H3,(H,23,24)(H,25,26)/b15-9-. The molecule has 3 aromatic rings. The third-order valence-corrected chi connectivity index (χ3v) is 5.73. The van der Waals surface area contributed by atoms with Gasteiger partial charge in [-0.05, 0) is 35.5 Å². The van der Waals surface area contributed by atoms with Gasteiger partial charge in [-0.25, -0.2) is 9.97 Å². The lowest BCUT2D eigenvalue weighted by molar-refractivity contribution is -0.121. The Morgan fingerprint density at radius 1 is 1.19 bits per heavy atom.